The molecule has 0 amide bonds. The molecule has 0 saturated heterocycles. The summed E-state index contributed by atoms with van der Waals surface area (Å²) in [5.41, 5.74) is 4.85. The van der Waals surface area contributed by atoms with Crippen molar-refractivity contribution in [3.8, 4) is 0 Å². The van der Waals surface area contributed by atoms with Crippen LogP contribution in [0.1, 0.15) is 41.7 Å². The van der Waals surface area contributed by atoms with Gasteiger partial charge in [0.15, 0.2) is 0 Å². The minimum Gasteiger partial charge on any atom is -0.278 e. The van der Waals surface area contributed by atoms with E-state index in [0.717, 1.165) is 30.6 Å². The van der Waals surface area contributed by atoms with Crippen LogP contribution >= 0.6 is 0 Å². The number of allylic oxidation sites excluding steroid dienone is 2. The van der Waals surface area contributed by atoms with Crippen molar-refractivity contribution in [2.24, 2.45) is 0 Å². The molecular weight excluding hydrogens is 260 g/mol. The summed E-state index contributed by atoms with van der Waals surface area (Å²) in [7, 11) is 0. The van der Waals surface area contributed by atoms with E-state index in [-0.39, 0.29) is 0 Å². The summed E-state index contributed by atoms with van der Waals surface area (Å²) in [5, 5.41) is 2.49. The lowest BCUT2D eigenvalue weighted by Crippen LogP contribution is -2.15. The first kappa shape index (κ1) is 12.5. The lowest BCUT2D eigenvalue weighted by molar-refractivity contribution is -0.264. The standard InChI is InChI=1S/C19H17O2/c1-2-21-18-11-16-14(9-10-17(16)20)15-8-7-12-5-3-4-6-13(12)19(15)18/h3-8H,2,9-11H2,1H3/q+1/p+1. The van der Waals surface area contributed by atoms with E-state index in [1.54, 1.807) is 0 Å². The van der Waals surface area contributed by atoms with Crippen LogP contribution in [0.15, 0.2) is 42.0 Å². The van der Waals surface area contributed by atoms with E-state index >= 15 is 0 Å². The van der Waals surface area contributed by atoms with E-state index in [4.69, 9.17) is 4.42 Å². The second-order valence-electron chi connectivity index (χ2n) is 5.65. The van der Waals surface area contributed by atoms with Gasteiger partial charge in [0.2, 0.25) is 0 Å². The van der Waals surface area contributed by atoms with Crippen LogP contribution in [0.25, 0.3) is 16.3 Å². The molecule has 2 nitrogen and oxygen atoms in total. The Morgan fingerprint density at radius 2 is 1.90 bits per heavy atom. The van der Waals surface area contributed by atoms with Gasteiger partial charge < -0.3 is 0 Å². The maximum Gasteiger partial charge on any atom is 0.332 e. The Kier molecular flexibility index (Phi) is 2.78. The molecule has 0 heterocycles. The third-order valence-electron chi connectivity index (χ3n) is 4.51. The zero-order valence-electron chi connectivity index (χ0n) is 12.1. The van der Waals surface area contributed by atoms with Gasteiger partial charge in [0, 0.05) is 6.92 Å². The van der Waals surface area contributed by atoms with E-state index in [1.807, 2.05) is 6.92 Å². The molecule has 0 unspecified atom stereocenters. The second kappa shape index (κ2) is 4.66. The Morgan fingerprint density at radius 1 is 1.05 bits per heavy atom. The third kappa shape index (κ3) is 1.79. The molecular formula is C19H18O2+2. The van der Waals surface area contributed by atoms with Gasteiger partial charge in [0.05, 0.1) is 24.0 Å². The van der Waals surface area contributed by atoms with Crippen LogP contribution in [0.5, 0.6) is 0 Å². The Bertz CT molecular complexity index is 825. The fourth-order valence-electron chi connectivity index (χ4n) is 3.60. The highest BCUT2D eigenvalue weighted by Crippen LogP contribution is 2.42. The highest BCUT2D eigenvalue weighted by atomic mass is 16.4. The van der Waals surface area contributed by atoms with Gasteiger partial charge in [-0.3, -0.25) is 9.22 Å². The molecule has 104 valence electrons. The largest absolute Gasteiger partial charge is 0.332 e. The SMILES string of the molecule is CC[O+]=C1CC2=C(CCC2=[OH+])c2ccc3ccccc3c21. The first-order valence-electron chi connectivity index (χ1n) is 7.58. The summed E-state index contributed by atoms with van der Waals surface area (Å²) < 4.78 is 5.93. The second-order valence-corrected chi connectivity index (χ2v) is 5.65. The summed E-state index contributed by atoms with van der Waals surface area (Å²) in [6.45, 7) is 2.67. The van der Waals surface area contributed by atoms with E-state index < -0.39 is 0 Å². The Labute approximate surface area is 123 Å². The van der Waals surface area contributed by atoms with Crippen molar-refractivity contribution < 1.29 is 9.22 Å². The van der Waals surface area contributed by atoms with Crippen LogP contribution in [-0.2, 0) is 0 Å². The molecule has 0 radical (unpaired) electrons. The molecule has 2 heteroatoms. The van der Waals surface area contributed by atoms with Crippen molar-refractivity contribution in [3.63, 3.8) is 0 Å². The molecule has 0 bridgehead atoms. The molecule has 4 rings (SSSR count). The number of benzene rings is 2. The Balaban J connectivity index is 2.08. The van der Waals surface area contributed by atoms with Gasteiger partial charge in [-0.15, -0.1) is 0 Å². The fourth-order valence-corrected chi connectivity index (χ4v) is 3.60. The maximum atomic E-state index is 10.1. The molecule has 2 aliphatic rings. The summed E-state index contributed by atoms with van der Waals surface area (Å²) >= 11 is 0. The van der Waals surface area contributed by atoms with Crippen LogP contribution < -0.4 is 0 Å². The van der Waals surface area contributed by atoms with Gasteiger partial charge in [-0.05, 0) is 28.3 Å². The number of ketones is 2. The summed E-state index contributed by atoms with van der Waals surface area (Å²) in [6.07, 6.45) is 2.41. The molecule has 21 heavy (non-hydrogen) atoms. The summed E-state index contributed by atoms with van der Waals surface area (Å²) in [6, 6.07) is 12.8. The Morgan fingerprint density at radius 3 is 2.76 bits per heavy atom. The van der Waals surface area contributed by atoms with E-state index in [2.05, 4.69) is 36.4 Å². The maximum absolute atomic E-state index is 10.1. The number of carbonyl (C=O) groups excluding carboxylic acids is 2. The van der Waals surface area contributed by atoms with Crippen molar-refractivity contribution in [3.05, 3.63) is 53.1 Å². The van der Waals surface area contributed by atoms with Gasteiger partial charge >= 0.3 is 11.6 Å². The number of rotatable bonds is 1. The number of fused-ring (bicyclic) bond motifs is 4. The first-order chi connectivity index (χ1) is 10.3. The van der Waals surface area contributed by atoms with Crippen LogP contribution in [0.3, 0.4) is 0 Å². The first-order valence-corrected chi connectivity index (χ1v) is 7.58. The Hall–Kier alpha value is -2.22. The quantitative estimate of drug-likeness (QED) is 0.704. The zero-order chi connectivity index (χ0) is 14.4. The van der Waals surface area contributed by atoms with Gasteiger partial charge in [0.25, 0.3) is 6.61 Å². The van der Waals surface area contributed by atoms with Crippen molar-refractivity contribution in [1.82, 2.24) is 0 Å². The predicted molar refractivity (Wildman–Crippen MR) is 86.5 cm³/mol. The highest BCUT2D eigenvalue weighted by Gasteiger charge is 2.40. The minimum atomic E-state index is 0.543. The predicted octanol–water partition coefficient (Wildman–Crippen LogP) is 4.07. The smallest absolute Gasteiger partial charge is 0.278 e. The van der Waals surface area contributed by atoms with Crippen molar-refractivity contribution in [1.29, 1.82) is 0 Å². The zero-order valence-corrected chi connectivity index (χ0v) is 12.1. The highest BCUT2D eigenvalue weighted by molar-refractivity contribution is 6.22. The average Bonchev–Trinajstić information content (AvgIpc) is 2.88. The molecule has 2 aromatic rings. The fraction of sp³-hybridized carbons (Fsp3) is 0.263. The summed E-state index contributed by atoms with van der Waals surface area (Å²) in [5.74, 6) is 1.54. The molecule has 0 fully saturated rings. The monoisotopic (exact) mass is 278 g/mol. The molecule has 0 aliphatic heterocycles. The van der Waals surface area contributed by atoms with Crippen LogP contribution in [0.2, 0.25) is 0 Å². The minimum absolute atomic E-state index is 0.543. The van der Waals surface area contributed by atoms with Crippen molar-refractivity contribution in [2.75, 3.05) is 6.61 Å². The average molecular weight is 278 g/mol. The number of hydrogen-bond donors (Lipinski definition) is 0. The number of hydrogen-bond acceptors (Lipinski definition) is 0. The normalized spacial score (nSPS) is 19.3. The van der Waals surface area contributed by atoms with Crippen LogP contribution in [-0.4, -0.2) is 23.0 Å². The molecule has 2 aromatic carbocycles. The van der Waals surface area contributed by atoms with Gasteiger partial charge in [-0.25, -0.2) is 0 Å². The molecule has 1 N–H and O–H groups in total. The van der Waals surface area contributed by atoms with E-state index in [1.165, 1.54) is 27.5 Å². The van der Waals surface area contributed by atoms with Crippen molar-refractivity contribution >= 4 is 27.9 Å². The van der Waals surface area contributed by atoms with Crippen LogP contribution in [0.4, 0.5) is 0 Å². The van der Waals surface area contributed by atoms with Gasteiger partial charge in [-0.1, -0.05) is 36.4 Å². The molecule has 0 aromatic heterocycles. The third-order valence-corrected chi connectivity index (χ3v) is 4.51. The van der Waals surface area contributed by atoms with Crippen LogP contribution in [0, 0.1) is 0 Å². The molecule has 2 aliphatic carbocycles. The molecule has 0 saturated carbocycles. The lowest BCUT2D eigenvalue weighted by atomic mass is 9.83. The molecule has 0 spiro atoms. The van der Waals surface area contributed by atoms with E-state index in [9.17, 15) is 4.79 Å². The van der Waals surface area contributed by atoms with E-state index in [0.29, 0.717) is 12.4 Å². The summed E-state index contributed by atoms with van der Waals surface area (Å²) in [4.78, 5) is 10.1. The molecule has 0 atom stereocenters. The lowest BCUT2D eigenvalue weighted by Gasteiger charge is -2.16. The van der Waals surface area contributed by atoms with Gasteiger partial charge in [-0.2, -0.15) is 0 Å². The van der Waals surface area contributed by atoms with Gasteiger partial charge in [0.1, 0.15) is 0 Å². The van der Waals surface area contributed by atoms with Crippen molar-refractivity contribution in [2.45, 2.75) is 26.2 Å². The topological polar surface area (TPSA) is 32.7 Å².